The largest absolute Gasteiger partial charge is 0.457 e. The number of non-ortho nitro benzene ring substituents is 1. The van der Waals surface area contributed by atoms with Crippen molar-refractivity contribution in [2.75, 3.05) is 6.79 Å². The van der Waals surface area contributed by atoms with Gasteiger partial charge in [0.05, 0.1) is 16.3 Å². The highest BCUT2D eigenvalue weighted by Crippen LogP contribution is 2.22. The molecule has 0 fully saturated rings. The van der Waals surface area contributed by atoms with Crippen molar-refractivity contribution in [3.05, 3.63) is 71.3 Å². The van der Waals surface area contributed by atoms with E-state index in [1.807, 2.05) is 0 Å². The second-order valence-corrected chi connectivity index (χ2v) is 4.40. The summed E-state index contributed by atoms with van der Waals surface area (Å²) in [7, 11) is 0. The summed E-state index contributed by atoms with van der Waals surface area (Å²) in [5.74, 6) is -0.0651. The summed E-state index contributed by atoms with van der Waals surface area (Å²) in [6, 6.07) is 12.3. The van der Waals surface area contributed by atoms with Crippen molar-refractivity contribution in [1.82, 2.24) is 0 Å². The molecule has 8 nitrogen and oxygen atoms in total. The Labute approximate surface area is 137 Å². The number of hydrogen-bond acceptors (Lipinski definition) is 7. The SMILES string of the molecule is C=CC(=O)OCOc1ccc(N=Nc2ccc([N+](=O)[O-])cc2)cc1. The first kappa shape index (κ1) is 16.8. The number of nitro benzene ring substituents is 1. The fourth-order valence-electron chi connectivity index (χ4n) is 1.58. The van der Waals surface area contributed by atoms with Gasteiger partial charge in [-0.05, 0) is 36.4 Å². The first-order valence-electron chi connectivity index (χ1n) is 6.77. The standard InChI is InChI=1S/C16H13N3O5/c1-2-16(20)24-11-23-15-9-5-13(6-10-15)18-17-12-3-7-14(8-4-12)19(21)22/h2-10H,1,11H2. The van der Waals surface area contributed by atoms with Crippen molar-refractivity contribution in [1.29, 1.82) is 0 Å². The summed E-state index contributed by atoms with van der Waals surface area (Å²) in [6.45, 7) is 3.06. The monoisotopic (exact) mass is 327 g/mol. The second kappa shape index (κ2) is 8.18. The molecule has 0 heterocycles. The third-order valence-corrected chi connectivity index (χ3v) is 2.77. The molecule has 0 N–H and O–H groups in total. The lowest BCUT2D eigenvalue weighted by Gasteiger charge is -2.05. The molecule has 2 aromatic rings. The van der Waals surface area contributed by atoms with Gasteiger partial charge in [-0.2, -0.15) is 10.2 Å². The van der Waals surface area contributed by atoms with Gasteiger partial charge in [-0.15, -0.1) is 0 Å². The third-order valence-electron chi connectivity index (χ3n) is 2.77. The molecule has 0 amide bonds. The Morgan fingerprint density at radius 1 is 1.08 bits per heavy atom. The van der Waals surface area contributed by atoms with Crippen LogP contribution < -0.4 is 4.74 Å². The fraction of sp³-hybridized carbons (Fsp3) is 0.0625. The normalized spacial score (nSPS) is 10.3. The molecule has 0 aliphatic carbocycles. The van der Waals surface area contributed by atoms with E-state index in [4.69, 9.17) is 4.74 Å². The number of nitro groups is 1. The van der Waals surface area contributed by atoms with E-state index in [2.05, 4.69) is 21.5 Å². The minimum atomic E-state index is -0.566. The van der Waals surface area contributed by atoms with Crippen LogP contribution in [0.2, 0.25) is 0 Å². The third kappa shape index (κ3) is 5.02. The van der Waals surface area contributed by atoms with Gasteiger partial charge in [0.2, 0.25) is 6.79 Å². The van der Waals surface area contributed by atoms with Gasteiger partial charge in [-0.25, -0.2) is 4.79 Å². The average Bonchev–Trinajstić information content (AvgIpc) is 2.61. The van der Waals surface area contributed by atoms with Crippen LogP contribution in [-0.4, -0.2) is 17.7 Å². The van der Waals surface area contributed by atoms with Gasteiger partial charge in [0.25, 0.3) is 5.69 Å². The molecule has 0 saturated heterocycles. The highest BCUT2D eigenvalue weighted by Gasteiger charge is 2.03. The topological polar surface area (TPSA) is 103 Å². The number of ether oxygens (including phenoxy) is 2. The summed E-state index contributed by atoms with van der Waals surface area (Å²) in [6.07, 6.45) is 1.05. The lowest BCUT2D eigenvalue weighted by Crippen LogP contribution is -2.07. The van der Waals surface area contributed by atoms with E-state index in [-0.39, 0.29) is 12.5 Å². The molecule has 0 atom stereocenters. The molecule has 0 unspecified atom stereocenters. The smallest absolute Gasteiger partial charge is 0.333 e. The van der Waals surface area contributed by atoms with Gasteiger partial charge in [0, 0.05) is 18.2 Å². The van der Waals surface area contributed by atoms with Crippen molar-refractivity contribution in [3.8, 4) is 5.75 Å². The molecule has 0 saturated carbocycles. The molecule has 8 heteroatoms. The Bertz CT molecular complexity index is 754. The number of nitrogens with zero attached hydrogens (tertiary/aromatic N) is 3. The quantitative estimate of drug-likeness (QED) is 0.190. The Morgan fingerprint density at radius 2 is 1.62 bits per heavy atom. The lowest BCUT2D eigenvalue weighted by atomic mass is 10.3. The fourth-order valence-corrected chi connectivity index (χ4v) is 1.58. The predicted octanol–water partition coefficient (Wildman–Crippen LogP) is 4.08. The summed E-state index contributed by atoms with van der Waals surface area (Å²) >= 11 is 0. The van der Waals surface area contributed by atoms with Gasteiger partial charge in [0.1, 0.15) is 5.75 Å². The van der Waals surface area contributed by atoms with E-state index < -0.39 is 10.9 Å². The van der Waals surface area contributed by atoms with Crippen LogP contribution in [0.1, 0.15) is 0 Å². The highest BCUT2D eigenvalue weighted by atomic mass is 16.7. The predicted molar refractivity (Wildman–Crippen MR) is 85.5 cm³/mol. The number of rotatable bonds is 7. The summed E-state index contributed by atoms with van der Waals surface area (Å²) in [5.41, 5.74) is 1.06. The number of azo groups is 1. The highest BCUT2D eigenvalue weighted by molar-refractivity contribution is 5.81. The molecule has 0 aromatic heterocycles. The van der Waals surface area contributed by atoms with E-state index in [0.29, 0.717) is 17.1 Å². The molecule has 0 aliphatic rings. The Hall–Kier alpha value is -3.55. The van der Waals surface area contributed by atoms with Gasteiger partial charge in [-0.1, -0.05) is 6.58 Å². The molecular weight excluding hydrogens is 314 g/mol. The van der Waals surface area contributed by atoms with Crippen LogP contribution in [0.4, 0.5) is 17.1 Å². The van der Waals surface area contributed by atoms with E-state index in [0.717, 1.165) is 6.08 Å². The second-order valence-electron chi connectivity index (χ2n) is 4.40. The van der Waals surface area contributed by atoms with Crippen molar-refractivity contribution in [2.24, 2.45) is 10.2 Å². The van der Waals surface area contributed by atoms with Crippen LogP contribution in [0, 0.1) is 10.1 Å². The maximum Gasteiger partial charge on any atom is 0.333 e. The molecule has 2 aromatic carbocycles. The molecule has 0 radical (unpaired) electrons. The van der Waals surface area contributed by atoms with Gasteiger partial charge < -0.3 is 9.47 Å². The zero-order chi connectivity index (χ0) is 17.4. The van der Waals surface area contributed by atoms with E-state index >= 15 is 0 Å². The summed E-state index contributed by atoms with van der Waals surface area (Å²) < 4.78 is 9.89. The summed E-state index contributed by atoms with van der Waals surface area (Å²) in [4.78, 5) is 20.9. The van der Waals surface area contributed by atoms with Crippen LogP contribution in [0.3, 0.4) is 0 Å². The molecule has 2 rings (SSSR count). The number of benzene rings is 2. The zero-order valence-corrected chi connectivity index (χ0v) is 12.5. The lowest BCUT2D eigenvalue weighted by molar-refractivity contribution is -0.384. The van der Waals surface area contributed by atoms with E-state index in [1.54, 1.807) is 24.3 Å². The van der Waals surface area contributed by atoms with Gasteiger partial charge in [-0.3, -0.25) is 10.1 Å². The number of esters is 1. The van der Waals surface area contributed by atoms with Gasteiger partial charge >= 0.3 is 5.97 Å². The molecule has 0 bridgehead atoms. The average molecular weight is 327 g/mol. The number of carbonyl (C=O) groups excluding carboxylic acids is 1. The number of carbonyl (C=O) groups is 1. The van der Waals surface area contributed by atoms with Crippen molar-refractivity contribution in [3.63, 3.8) is 0 Å². The van der Waals surface area contributed by atoms with Crippen molar-refractivity contribution < 1.29 is 19.2 Å². The Morgan fingerprint density at radius 3 is 2.12 bits per heavy atom. The molecular formula is C16H13N3O5. The number of hydrogen-bond donors (Lipinski definition) is 0. The van der Waals surface area contributed by atoms with Crippen LogP contribution in [-0.2, 0) is 9.53 Å². The van der Waals surface area contributed by atoms with Crippen LogP contribution >= 0.6 is 0 Å². The summed E-state index contributed by atoms with van der Waals surface area (Å²) in [5, 5.41) is 18.6. The van der Waals surface area contributed by atoms with Crippen LogP contribution in [0.5, 0.6) is 5.75 Å². The van der Waals surface area contributed by atoms with Crippen molar-refractivity contribution in [2.45, 2.75) is 0 Å². The molecule has 122 valence electrons. The first-order valence-corrected chi connectivity index (χ1v) is 6.77. The Kier molecular flexibility index (Phi) is 5.73. The van der Waals surface area contributed by atoms with E-state index in [9.17, 15) is 14.9 Å². The minimum absolute atomic E-state index is 0.00685. The van der Waals surface area contributed by atoms with Crippen LogP contribution in [0.25, 0.3) is 0 Å². The Balaban J connectivity index is 1.92. The maximum atomic E-state index is 10.8. The molecule has 0 spiro atoms. The van der Waals surface area contributed by atoms with Gasteiger partial charge in [0.15, 0.2) is 0 Å². The zero-order valence-electron chi connectivity index (χ0n) is 12.5. The minimum Gasteiger partial charge on any atom is -0.457 e. The maximum absolute atomic E-state index is 10.8. The van der Waals surface area contributed by atoms with Crippen LogP contribution in [0.15, 0.2) is 71.4 Å². The van der Waals surface area contributed by atoms with Crippen molar-refractivity contribution >= 4 is 23.0 Å². The first-order chi connectivity index (χ1) is 11.6. The molecule has 24 heavy (non-hydrogen) atoms. The molecule has 0 aliphatic heterocycles. The van der Waals surface area contributed by atoms with E-state index in [1.165, 1.54) is 24.3 Å².